The Morgan fingerprint density at radius 1 is 1.36 bits per heavy atom. The van der Waals surface area contributed by atoms with Crippen LogP contribution in [0.4, 0.5) is 4.39 Å². The van der Waals surface area contributed by atoms with Crippen molar-refractivity contribution in [2.75, 3.05) is 33.2 Å². The maximum atomic E-state index is 14.9. The molecule has 5 rings (SSSR count). The summed E-state index contributed by atoms with van der Waals surface area (Å²) in [6.07, 6.45) is 0.294. The maximum Gasteiger partial charge on any atom is 0.257 e. The van der Waals surface area contributed by atoms with Gasteiger partial charge in [-0.05, 0) is 24.1 Å². The third-order valence-electron chi connectivity index (χ3n) is 7.38. The summed E-state index contributed by atoms with van der Waals surface area (Å²) in [6.45, 7) is 1.03. The number of hydrogen-bond donors (Lipinski definition) is 3. The smallest absolute Gasteiger partial charge is 0.257 e. The van der Waals surface area contributed by atoms with Gasteiger partial charge in [0, 0.05) is 66.0 Å². The number of nitrogens with zero attached hydrogens (tertiary/aromatic N) is 2. The number of methoxy groups -OCH3 is 2. The van der Waals surface area contributed by atoms with Crippen LogP contribution >= 0.6 is 11.8 Å². The molecule has 10 nitrogen and oxygen atoms in total. The van der Waals surface area contributed by atoms with E-state index in [0.717, 1.165) is 0 Å². The fraction of sp³-hybridized carbons (Fsp3) is 0.407. The number of aldehydes is 1. The number of fused-ring (bicyclic) bond motifs is 4. The number of carbonyl (C=O) groups is 2. The van der Waals surface area contributed by atoms with Crippen molar-refractivity contribution in [1.82, 2.24) is 14.9 Å². The standard InChI is InChI=1S/C27H28FN3O7S/c1-13-17(28)7-18-23-22(19(11-39-25(13)23)29-21(34)9-32)14-8-31-20(24(14)30-18)6-16(15(10-38-3)26(31)35)27(36,12-33)4-5-37-2/h6-7,12,19,32,36H,4-5,8-11H2,1-3H3,(H,29,34)/t19?,27-/m1/s1. The number of aliphatic hydroxyl groups excluding tert-OH is 1. The first kappa shape index (κ1) is 27.4. The lowest BCUT2D eigenvalue weighted by Crippen LogP contribution is -2.36. The molecule has 0 aliphatic carbocycles. The molecule has 39 heavy (non-hydrogen) atoms. The van der Waals surface area contributed by atoms with Crippen LogP contribution < -0.4 is 10.9 Å². The molecular formula is C27H28FN3O7S. The molecule has 1 unspecified atom stereocenters. The molecule has 4 heterocycles. The highest BCUT2D eigenvalue weighted by atomic mass is 32.2. The Bertz CT molecular complexity index is 1570. The lowest BCUT2D eigenvalue weighted by Gasteiger charge is -2.29. The number of carbonyl (C=O) groups excluding carboxylic acids is 2. The number of rotatable bonds is 9. The Hall–Kier alpha value is -3.16. The molecule has 2 aliphatic heterocycles. The van der Waals surface area contributed by atoms with E-state index in [-0.39, 0.29) is 37.3 Å². The molecule has 206 valence electrons. The normalized spacial score (nSPS) is 17.0. The third-order valence-corrected chi connectivity index (χ3v) is 8.68. The highest BCUT2D eigenvalue weighted by Crippen LogP contribution is 2.48. The van der Waals surface area contributed by atoms with E-state index in [1.807, 2.05) is 0 Å². The Labute approximate surface area is 227 Å². The van der Waals surface area contributed by atoms with Crippen LogP contribution in [-0.2, 0) is 37.8 Å². The minimum absolute atomic E-state index is 0.0645. The Morgan fingerprint density at radius 3 is 2.79 bits per heavy atom. The average Bonchev–Trinajstić information content (AvgIpc) is 3.30. The summed E-state index contributed by atoms with van der Waals surface area (Å²) in [5.74, 6) is -0.599. The lowest BCUT2D eigenvalue weighted by atomic mass is 9.88. The van der Waals surface area contributed by atoms with Gasteiger partial charge in [0.05, 0.1) is 36.1 Å². The SMILES string of the molecule is COCC[C@@](O)(C=O)c1cc2n(c(=O)c1COC)Cc1c-2nc2cc(F)c(C)c3c2c1C(NC(=O)CO)CS3. The van der Waals surface area contributed by atoms with Crippen molar-refractivity contribution in [3.05, 3.63) is 56.1 Å². The van der Waals surface area contributed by atoms with Gasteiger partial charge in [0.1, 0.15) is 18.0 Å². The first-order valence-corrected chi connectivity index (χ1v) is 13.3. The van der Waals surface area contributed by atoms with Crippen molar-refractivity contribution in [3.8, 4) is 11.4 Å². The van der Waals surface area contributed by atoms with E-state index < -0.39 is 35.5 Å². The second-order valence-corrected chi connectivity index (χ2v) is 10.7. The molecule has 0 spiro atoms. The number of nitrogens with one attached hydrogen (secondary N) is 1. The topological polar surface area (TPSA) is 140 Å². The fourth-order valence-electron chi connectivity index (χ4n) is 5.45. The van der Waals surface area contributed by atoms with Crippen LogP contribution in [0.5, 0.6) is 0 Å². The Balaban J connectivity index is 1.81. The van der Waals surface area contributed by atoms with Gasteiger partial charge < -0.3 is 29.6 Å². The van der Waals surface area contributed by atoms with E-state index in [4.69, 9.17) is 14.5 Å². The second-order valence-electron chi connectivity index (χ2n) is 9.68. The predicted octanol–water partition coefficient (Wildman–Crippen LogP) is 1.70. The quantitative estimate of drug-likeness (QED) is 0.262. The van der Waals surface area contributed by atoms with Crippen LogP contribution in [0.1, 0.15) is 40.3 Å². The van der Waals surface area contributed by atoms with Gasteiger partial charge in [0.2, 0.25) is 5.91 Å². The van der Waals surface area contributed by atoms with Gasteiger partial charge in [-0.15, -0.1) is 11.8 Å². The molecule has 12 heteroatoms. The van der Waals surface area contributed by atoms with Crippen LogP contribution in [0.15, 0.2) is 21.8 Å². The van der Waals surface area contributed by atoms with Gasteiger partial charge in [0.15, 0.2) is 6.29 Å². The minimum atomic E-state index is -2.02. The van der Waals surface area contributed by atoms with Crippen LogP contribution in [0, 0.1) is 12.7 Å². The molecule has 1 amide bonds. The van der Waals surface area contributed by atoms with Crippen molar-refractivity contribution < 1.29 is 33.7 Å². The van der Waals surface area contributed by atoms with Gasteiger partial charge in [-0.3, -0.25) is 14.4 Å². The van der Waals surface area contributed by atoms with E-state index in [0.29, 0.717) is 55.9 Å². The lowest BCUT2D eigenvalue weighted by molar-refractivity contribution is -0.127. The predicted molar refractivity (Wildman–Crippen MR) is 141 cm³/mol. The molecular weight excluding hydrogens is 529 g/mol. The summed E-state index contributed by atoms with van der Waals surface area (Å²) in [4.78, 5) is 43.6. The van der Waals surface area contributed by atoms with Crippen molar-refractivity contribution in [3.63, 3.8) is 0 Å². The van der Waals surface area contributed by atoms with Crippen LogP contribution in [0.25, 0.3) is 22.3 Å². The average molecular weight is 558 g/mol. The molecule has 0 bridgehead atoms. The summed E-state index contributed by atoms with van der Waals surface area (Å²) >= 11 is 1.40. The number of aliphatic hydroxyl groups is 2. The number of thioether (sulfide) groups is 1. The summed E-state index contributed by atoms with van der Waals surface area (Å²) in [7, 11) is 2.85. The zero-order valence-corrected chi connectivity index (χ0v) is 22.5. The monoisotopic (exact) mass is 557 g/mol. The summed E-state index contributed by atoms with van der Waals surface area (Å²) in [5.41, 5.74) is 0.683. The highest BCUT2D eigenvalue weighted by Gasteiger charge is 2.38. The van der Waals surface area contributed by atoms with E-state index in [1.54, 1.807) is 13.0 Å². The van der Waals surface area contributed by atoms with Gasteiger partial charge in [0.25, 0.3) is 5.56 Å². The highest BCUT2D eigenvalue weighted by molar-refractivity contribution is 7.99. The molecule has 0 saturated heterocycles. The van der Waals surface area contributed by atoms with Gasteiger partial charge >= 0.3 is 0 Å². The summed E-state index contributed by atoms with van der Waals surface area (Å²) in [5, 5.41) is 24.2. The first-order chi connectivity index (χ1) is 18.7. The number of ether oxygens (including phenoxy) is 2. The van der Waals surface area contributed by atoms with Crippen molar-refractivity contribution in [1.29, 1.82) is 0 Å². The number of aromatic nitrogens is 2. The molecule has 2 aliphatic rings. The Morgan fingerprint density at radius 2 is 2.13 bits per heavy atom. The van der Waals surface area contributed by atoms with Gasteiger partial charge in [-0.2, -0.15) is 0 Å². The van der Waals surface area contributed by atoms with Gasteiger partial charge in [-0.25, -0.2) is 9.37 Å². The fourth-order valence-corrected chi connectivity index (χ4v) is 6.71. The Kier molecular flexibility index (Phi) is 7.33. The summed E-state index contributed by atoms with van der Waals surface area (Å²) in [6, 6.07) is 2.36. The van der Waals surface area contributed by atoms with E-state index in [9.17, 15) is 29.0 Å². The van der Waals surface area contributed by atoms with Gasteiger partial charge in [-0.1, -0.05) is 0 Å². The maximum absolute atomic E-state index is 14.9. The van der Waals surface area contributed by atoms with Crippen molar-refractivity contribution in [2.45, 2.75) is 43.0 Å². The number of benzene rings is 1. The molecule has 0 fully saturated rings. The molecule has 3 N–H and O–H groups in total. The van der Waals surface area contributed by atoms with Crippen molar-refractivity contribution in [2.24, 2.45) is 0 Å². The van der Waals surface area contributed by atoms with E-state index in [1.165, 1.54) is 36.6 Å². The molecule has 2 atom stereocenters. The number of halogens is 1. The number of pyridine rings is 2. The van der Waals surface area contributed by atoms with Crippen LogP contribution in [0.3, 0.4) is 0 Å². The molecule has 1 aromatic carbocycles. The molecule has 0 radical (unpaired) electrons. The zero-order chi connectivity index (χ0) is 28.1. The zero-order valence-electron chi connectivity index (χ0n) is 21.7. The van der Waals surface area contributed by atoms with E-state index >= 15 is 0 Å². The minimum Gasteiger partial charge on any atom is -0.387 e. The molecule has 2 aromatic heterocycles. The molecule has 3 aromatic rings. The van der Waals surface area contributed by atoms with E-state index in [2.05, 4.69) is 5.32 Å². The van der Waals surface area contributed by atoms with Crippen LogP contribution in [0.2, 0.25) is 0 Å². The largest absolute Gasteiger partial charge is 0.387 e. The third kappa shape index (κ3) is 4.36. The summed E-state index contributed by atoms with van der Waals surface area (Å²) < 4.78 is 26.8. The molecule has 0 saturated carbocycles. The van der Waals surface area contributed by atoms with Crippen molar-refractivity contribution >= 4 is 34.9 Å². The second kappa shape index (κ2) is 10.4. The first-order valence-electron chi connectivity index (χ1n) is 12.3. The number of amides is 1. The van der Waals surface area contributed by atoms with Crippen LogP contribution in [-0.4, -0.2) is 65.1 Å². The number of hydrogen-bond acceptors (Lipinski definition) is 9.